The molecule has 0 aliphatic rings. The molecule has 0 aliphatic heterocycles. The van der Waals surface area contributed by atoms with E-state index in [9.17, 15) is 13.2 Å². The molecule has 6 heteroatoms. The second-order valence-electron chi connectivity index (χ2n) is 1.60. The van der Waals surface area contributed by atoms with Gasteiger partial charge in [0.25, 0.3) is 0 Å². The van der Waals surface area contributed by atoms with Crippen LogP contribution in [0.3, 0.4) is 0 Å². The third-order valence-electron chi connectivity index (χ3n) is 0.894. The zero-order valence-electron chi connectivity index (χ0n) is 5.94. The van der Waals surface area contributed by atoms with E-state index in [4.69, 9.17) is 11.8 Å². The quantitative estimate of drug-likeness (QED) is 0.347. The summed E-state index contributed by atoms with van der Waals surface area (Å²) in [5, 5.41) is 8.09. The zero-order chi connectivity index (χ0) is 9.78. The number of allylic oxidation sites excluding steroid dienone is 2. The molecule has 0 spiro atoms. The number of hydrogen-bond donors (Lipinski definition) is 0. The van der Waals surface area contributed by atoms with Crippen LogP contribution in [0, 0.1) is 17.9 Å². The van der Waals surface area contributed by atoms with Crippen molar-refractivity contribution in [1.82, 2.24) is 0 Å². The van der Waals surface area contributed by atoms with Gasteiger partial charge in [-0.15, -0.1) is 0 Å². The molecule has 0 aliphatic carbocycles. The van der Waals surface area contributed by atoms with Crippen LogP contribution in [0.25, 0.3) is 4.85 Å². The predicted octanol–water partition coefficient (Wildman–Crippen LogP) is 1.85. The van der Waals surface area contributed by atoms with Crippen molar-refractivity contribution in [1.29, 1.82) is 5.26 Å². The second-order valence-corrected chi connectivity index (χ2v) is 1.60. The van der Waals surface area contributed by atoms with Gasteiger partial charge >= 0.3 is 11.9 Å². The molecule has 0 unspecified atom stereocenters. The van der Waals surface area contributed by atoms with Crippen LogP contribution in [0.15, 0.2) is 11.5 Å². The van der Waals surface area contributed by atoms with Gasteiger partial charge < -0.3 is 4.74 Å². The Bertz CT molecular complexity index is 263. The first kappa shape index (κ1) is 10.3. The Morgan fingerprint density at radius 1 is 1.58 bits per heavy atom. The highest BCUT2D eigenvalue weighted by atomic mass is 19.4. The third kappa shape index (κ3) is 2.17. The highest BCUT2D eigenvalue weighted by molar-refractivity contribution is 5.32. The number of hydrogen-bond acceptors (Lipinski definition) is 2. The van der Waals surface area contributed by atoms with Crippen molar-refractivity contribution in [3.05, 3.63) is 22.9 Å². The van der Waals surface area contributed by atoms with Gasteiger partial charge in [0, 0.05) is 0 Å². The summed E-state index contributed by atoms with van der Waals surface area (Å²) in [7, 11) is 0.755. The molecule has 0 atom stereocenters. The van der Waals surface area contributed by atoms with E-state index in [2.05, 4.69) is 9.58 Å². The first-order valence-electron chi connectivity index (χ1n) is 2.60. The Hall–Kier alpha value is -1.69. The van der Waals surface area contributed by atoms with Gasteiger partial charge in [-0.3, -0.25) is 0 Å². The molecular weight excluding hydrogens is 173 g/mol. The van der Waals surface area contributed by atoms with Crippen molar-refractivity contribution in [3.63, 3.8) is 0 Å². The Labute approximate surface area is 66.5 Å². The molecule has 3 nitrogen and oxygen atoms in total. The third-order valence-corrected chi connectivity index (χ3v) is 0.894. The average Bonchev–Trinajstić information content (AvgIpc) is 1.97. The fourth-order valence-electron chi connectivity index (χ4n) is 0.473. The second kappa shape index (κ2) is 3.63. The number of methoxy groups -OCH3 is 1. The molecule has 0 saturated carbocycles. The van der Waals surface area contributed by atoms with Crippen LogP contribution in [0.2, 0.25) is 0 Å². The Morgan fingerprint density at radius 3 is 2.17 bits per heavy atom. The fraction of sp³-hybridized carbons (Fsp3) is 0.333. The fourth-order valence-corrected chi connectivity index (χ4v) is 0.473. The normalized spacial score (nSPS) is 12.5. The Balaban J connectivity index is 5.18. The highest BCUT2D eigenvalue weighted by Crippen LogP contribution is 2.28. The van der Waals surface area contributed by atoms with E-state index in [0.29, 0.717) is 0 Å². The van der Waals surface area contributed by atoms with Crippen LogP contribution in [0.5, 0.6) is 0 Å². The van der Waals surface area contributed by atoms with E-state index in [0.717, 1.165) is 13.2 Å². The molecule has 0 aromatic carbocycles. The minimum atomic E-state index is -4.79. The van der Waals surface area contributed by atoms with Gasteiger partial charge in [0.1, 0.15) is 0 Å². The number of rotatable bonds is 1. The molecule has 12 heavy (non-hydrogen) atoms. The first-order chi connectivity index (χ1) is 5.47. The summed E-state index contributed by atoms with van der Waals surface area (Å²) in [5.41, 5.74) is -1.09. The average molecular weight is 176 g/mol. The van der Waals surface area contributed by atoms with Crippen LogP contribution in [0.1, 0.15) is 0 Å². The molecule has 0 radical (unpaired) electrons. The number of ether oxygens (including phenoxy) is 1. The Kier molecular flexibility index (Phi) is 3.12. The smallest absolute Gasteiger partial charge is 0.439 e. The van der Waals surface area contributed by atoms with Gasteiger partial charge in [-0.05, 0) is 0 Å². The van der Waals surface area contributed by atoms with Gasteiger partial charge in [0.15, 0.2) is 0 Å². The van der Waals surface area contributed by atoms with Crippen molar-refractivity contribution < 1.29 is 17.9 Å². The monoisotopic (exact) mass is 176 g/mol. The Morgan fingerprint density at radius 2 is 2.08 bits per heavy atom. The lowest BCUT2D eigenvalue weighted by molar-refractivity contribution is -0.126. The van der Waals surface area contributed by atoms with Gasteiger partial charge in [0.2, 0.25) is 5.76 Å². The largest absolute Gasteiger partial charge is 0.503 e. The van der Waals surface area contributed by atoms with E-state index in [1.807, 2.05) is 0 Å². The maximum absolute atomic E-state index is 11.9. The van der Waals surface area contributed by atoms with Crippen molar-refractivity contribution in [2.45, 2.75) is 6.18 Å². The van der Waals surface area contributed by atoms with E-state index in [-0.39, 0.29) is 0 Å². The molecule has 0 aromatic rings. The van der Waals surface area contributed by atoms with Crippen molar-refractivity contribution in [3.8, 4) is 6.07 Å². The summed E-state index contributed by atoms with van der Waals surface area (Å²) in [6, 6.07) is 1.09. The lowest BCUT2D eigenvalue weighted by Gasteiger charge is -2.09. The molecule has 0 fully saturated rings. The summed E-state index contributed by atoms with van der Waals surface area (Å²) in [6.45, 7) is 6.24. The standard InChI is InChI=1S/C6H3F3N2O/c1-11-4(3-10)5(12-2)6(7,8)9/h2H3/b5-4-. The topological polar surface area (TPSA) is 37.4 Å². The zero-order valence-corrected chi connectivity index (χ0v) is 5.94. The first-order valence-corrected chi connectivity index (χ1v) is 2.60. The minimum Gasteiger partial charge on any atom is -0.503 e. The predicted molar refractivity (Wildman–Crippen MR) is 32.3 cm³/mol. The van der Waals surface area contributed by atoms with Gasteiger partial charge in [-0.1, -0.05) is 0 Å². The molecule has 0 N–H and O–H groups in total. The molecular formula is C6H3F3N2O. The maximum atomic E-state index is 11.9. The number of alkyl halides is 3. The lowest BCUT2D eigenvalue weighted by Crippen LogP contribution is -2.14. The van der Waals surface area contributed by atoms with Crippen LogP contribution >= 0.6 is 0 Å². The molecule has 0 rings (SSSR count). The number of nitriles is 1. The van der Waals surface area contributed by atoms with E-state index < -0.39 is 17.6 Å². The van der Waals surface area contributed by atoms with Crippen molar-refractivity contribution >= 4 is 0 Å². The summed E-state index contributed by atoms with van der Waals surface area (Å²) in [6.07, 6.45) is -4.79. The molecule has 0 amide bonds. The molecule has 0 bridgehead atoms. The summed E-state index contributed by atoms with van der Waals surface area (Å²) in [5.74, 6) is -1.56. The molecule has 64 valence electrons. The number of halogens is 3. The van der Waals surface area contributed by atoms with Crippen LogP contribution in [-0.2, 0) is 4.74 Å². The van der Waals surface area contributed by atoms with Gasteiger partial charge in [-0.2, -0.15) is 13.2 Å². The van der Waals surface area contributed by atoms with Gasteiger partial charge in [0.05, 0.1) is 19.8 Å². The molecule has 0 saturated heterocycles. The minimum absolute atomic E-state index is 0.755. The van der Waals surface area contributed by atoms with E-state index >= 15 is 0 Å². The van der Waals surface area contributed by atoms with Crippen molar-refractivity contribution in [2.75, 3.05) is 7.11 Å². The van der Waals surface area contributed by atoms with E-state index in [1.165, 1.54) is 0 Å². The van der Waals surface area contributed by atoms with Crippen LogP contribution < -0.4 is 0 Å². The van der Waals surface area contributed by atoms with Gasteiger partial charge in [-0.25, -0.2) is 10.1 Å². The summed E-state index contributed by atoms with van der Waals surface area (Å²) < 4.78 is 39.5. The summed E-state index contributed by atoms with van der Waals surface area (Å²) in [4.78, 5) is 2.37. The molecule has 0 heterocycles. The SMILES string of the molecule is [C-]#[N+]/C(C#N)=C(\OC)C(F)(F)F. The van der Waals surface area contributed by atoms with Crippen LogP contribution in [-0.4, -0.2) is 13.3 Å². The summed E-state index contributed by atoms with van der Waals surface area (Å²) >= 11 is 0. The molecule has 0 aromatic heterocycles. The van der Waals surface area contributed by atoms with Crippen LogP contribution in [0.4, 0.5) is 13.2 Å². The highest BCUT2D eigenvalue weighted by Gasteiger charge is 2.38. The van der Waals surface area contributed by atoms with E-state index in [1.54, 1.807) is 0 Å². The maximum Gasteiger partial charge on any atom is 0.439 e. The van der Waals surface area contributed by atoms with Crippen molar-refractivity contribution in [2.24, 2.45) is 0 Å². The number of nitrogens with zero attached hydrogens (tertiary/aromatic N) is 2. The lowest BCUT2D eigenvalue weighted by atomic mass is 10.4.